The fourth-order valence-electron chi connectivity index (χ4n) is 3.90. The summed E-state index contributed by atoms with van der Waals surface area (Å²) in [6.07, 6.45) is 15.3. The largest absolute Gasteiger partial charge is 0.340 e. The van der Waals surface area contributed by atoms with Gasteiger partial charge in [-0.3, -0.25) is 0 Å². The average molecular weight is 375 g/mol. The molecule has 0 aliphatic carbocycles. The van der Waals surface area contributed by atoms with Gasteiger partial charge in [0.2, 0.25) is 0 Å². The average Bonchev–Trinajstić information content (AvgIpc) is 3.27. The number of pyridine rings is 1. The van der Waals surface area contributed by atoms with E-state index in [1.165, 1.54) is 32.2 Å². The minimum atomic E-state index is 0.370. The standard InChI is InChI=1S/C24H26N2S/c1-4-10-19-11-6-8-15-25(19)21(5-2)22-13-14-23(27-22)24-18(3)17-20-12-7-9-16-26(20)24/h6-17,21H,4-5H2,1-3H3. The molecule has 0 N–H and O–H groups in total. The van der Waals surface area contributed by atoms with E-state index in [0.717, 1.165) is 12.8 Å². The number of nitrogens with zero attached hydrogens (tertiary/aromatic N) is 2. The second-order valence-electron chi connectivity index (χ2n) is 6.94. The van der Waals surface area contributed by atoms with Gasteiger partial charge in [0.05, 0.1) is 16.6 Å². The molecule has 1 aliphatic rings. The number of allylic oxidation sites excluding steroid dienone is 4. The molecule has 0 aromatic carbocycles. The first-order valence-corrected chi connectivity index (χ1v) is 10.5. The van der Waals surface area contributed by atoms with Crippen molar-refractivity contribution in [3.8, 4) is 10.6 Å². The normalized spacial score (nSPS) is 16.6. The zero-order valence-corrected chi connectivity index (χ0v) is 17.0. The maximum atomic E-state index is 2.42. The topological polar surface area (TPSA) is 7.65 Å². The number of aromatic nitrogens is 1. The van der Waals surface area contributed by atoms with E-state index < -0.39 is 0 Å². The van der Waals surface area contributed by atoms with Gasteiger partial charge in [-0.05, 0) is 67.8 Å². The van der Waals surface area contributed by atoms with Gasteiger partial charge in [0.15, 0.2) is 0 Å². The van der Waals surface area contributed by atoms with Crippen LogP contribution in [0.1, 0.15) is 43.2 Å². The maximum absolute atomic E-state index is 2.42. The third kappa shape index (κ3) is 3.28. The van der Waals surface area contributed by atoms with Crippen LogP contribution in [-0.2, 0) is 0 Å². The van der Waals surface area contributed by atoms with Gasteiger partial charge in [0.1, 0.15) is 0 Å². The van der Waals surface area contributed by atoms with E-state index in [4.69, 9.17) is 0 Å². The Balaban J connectivity index is 1.72. The first-order valence-electron chi connectivity index (χ1n) is 9.73. The summed E-state index contributed by atoms with van der Waals surface area (Å²) in [7, 11) is 0. The number of hydrogen-bond acceptors (Lipinski definition) is 2. The van der Waals surface area contributed by atoms with Crippen molar-refractivity contribution in [2.45, 2.75) is 39.7 Å². The monoisotopic (exact) mass is 374 g/mol. The molecule has 1 unspecified atom stereocenters. The molecule has 0 fully saturated rings. The van der Waals surface area contributed by atoms with Crippen LogP contribution in [-0.4, -0.2) is 9.30 Å². The van der Waals surface area contributed by atoms with E-state index in [-0.39, 0.29) is 0 Å². The molecule has 0 bridgehead atoms. The Bertz CT molecular complexity index is 1030. The molecule has 1 aliphatic heterocycles. The molecule has 3 aromatic rings. The third-order valence-corrected chi connectivity index (χ3v) is 6.31. The molecular formula is C24H26N2S. The number of hydrogen-bond donors (Lipinski definition) is 0. The number of thiophene rings is 1. The molecule has 1 atom stereocenters. The summed E-state index contributed by atoms with van der Waals surface area (Å²) in [5, 5.41) is 0. The Morgan fingerprint density at radius 3 is 2.81 bits per heavy atom. The van der Waals surface area contributed by atoms with Gasteiger partial charge >= 0.3 is 0 Å². The smallest absolute Gasteiger partial charge is 0.0675 e. The lowest BCUT2D eigenvalue weighted by Crippen LogP contribution is -2.22. The molecule has 4 heterocycles. The maximum Gasteiger partial charge on any atom is 0.0675 e. The van der Waals surface area contributed by atoms with Crippen LogP contribution >= 0.6 is 11.3 Å². The van der Waals surface area contributed by atoms with Gasteiger partial charge in [-0.25, -0.2) is 0 Å². The van der Waals surface area contributed by atoms with Crippen molar-refractivity contribution >= 4 is 16.9 Å². The van der Waals surface area contributed by atoms with Crippen LogP contribution < -0.4 is 0 Å². The molecule has 0 radical (unpaired) electrons. The van der Waals surface area contributed by atoms with Crippen LogP contribution in [0.2, 0.25) is 0 Å². The molecule has 27 heavy (non-hydrogen) atoms. The van der Waals surface area contributed by atoms with Gasteiger partial charge in [-0.1, -0.05) is 32.1 Å². The minimum absolute atomic E-state index is 0.370. The van der Waals surface area contributed by atoms with Crippen molar-refractivity contribution in [3.05, 3.63) is 89.2 Å². The Labute approximate surface area is 165 Å². The minimum Gasteiger partial charge on any atom is -0.340 e. The van der Waals surface area contributed by atoms with Gasteiger partial charge in [0, 0.05) is 28.5 Å². The van der Waals surface area contributed by atoms with Crippen molar-refractivity contribution in [2.24, 2.45) is 0 Å². The molecule has 0 spiro atoms. The van der Waals surface area contributed by atoms with Crippen LogP contribution in [0.25, 0.3) is 16.1 Å². The van der Waals surface area contributed by atoms with Crippen molar-refractivity contribution in [3.63, 3.8) is 0 Å². The van der Waals surface area contributed by atoms with Gasteiger partial charge in [-0.15, -0.1) is 11.3 Å². The predicted molar refractivity (Wildman–Crippen MR) is 117 cm³/mol. The summed E-state index contributed by atoms with van der Waals surface area (Å²) in [4.78, 5) is 5.17. The highest BCUT2D eigenvalue weighted by atomic mass is 32.1. The SMILES string of the molecule is CCC=C1C=CC=CN1C(CC)c1ccc(-c2c(C)cc3ccccn23)s1. The fourth-order valence-corrected chi connectivity index (χ4v) is 5.20. The quantitative estimate of drug-likeness (QED) is 0.462. The molecule has 2 nitrogen and oxygen atoms in total. The second kappa shape index (κ2) is 7.61. The Morgan fingerprint density at radius 1 is 1.11 bits per heavy atom. The van der Waals surface area contributed by atoms with Crippen LogP contribution in [0.3, 0.4) is 0 Å². The molecular weight excluding hydrogens is 348 g/mol. The summed E-state index contributed by atoms with van der Waals surface area (Å²) in [6.45, 7) is 6.68. The summed E-state index contributed by atoms with van der Waals surface area (Å²) in [6, 6.07) is 13.6. The lowest BCUT2D eigenvalue weighted by atomic mass is 10.1. The fraction of sp³-hybridized carbons (Fsp3) is 0.250. The van der Waals surface area contributed by atoms with Gasteiger partial charge < -0.3 is 9.30 Å². The molecule has 0 saturated carbocycles. The van der Waals surface area contributed by atoms with Gasteiger partial charge in [-0.2, -0.15) is 0 Å². The predicted octanol–water partition coefficient (Wildman–Crippen LogP) is 7.11. The Kier molecular flexibility index (Phi) is 5.04. The molecule has 0 saturated heterocycles. The lowest BCUT2D eigenvalue weighted by Gasteiger charge is -2.31. The zero-order valence-electron chi connectivity index (χ0n) is 16.2. The number of rotatable bonds is 5. The Morgan fingerprint density at radius 2 is 2.00 bits per heavy atom. The highest BCUT2D eigenvalue weighted by Gasteiger charge is 2.22. The van der Waals surface area contributed by atoms with Gasteiger partial charge in [0.25, 0.3) is 0 Å². The van der Waals surface area contributed by atoms with E-state index in [0.29, 0.717) is 6.04 Å². The van der Waals surface area contributed by atoms with E-state index in [9.17, 15) is 0 Å². The van der Waals surface area contributed by atoms with Crippen LogP contribution in [0.5, 0.6) is 0 Å². The first-order chi connectivity index (χ1) is 13.2. The zero-order chi connectivity index (χ0) is 18.8. The van der Waals surface area contributed by atoms with Crippen LogP contribution in [0, 0.1) is 6.92 Å². The Hall–Kier alpha value is -2.52. The molecule has 138 valence electrons. The van der Waals surface area contributed by atoms with Crippen molar-refractivity contribution in [2.75, 3.05) is 0 Å². The van der Waals surface area contributed by atoms with E-state index in [1.54, 1.807) is 0 Å². The summed E-state index contributed by atoms with van der Waals surface area (Å²) in [5.74, 6) is 0. The molecule has 4 rings (SSSR count). The van der Waals surface area contributed by atoms with E-state index >= 15 is 0 Å². The van der Waals surface area contributed by atoms with Crippen LogP contribution in [0.15, 0.2) is 78.8 Å². The molecule has 3 aromatic heterocycles. The second-order valence-corrected chi connectivity index (χ2v) is 8.06. The highest BCUT2D eigenvalue weighted by Crippen LogP contribution is 2.39. The van der Waals surface area contributed by atoms with Crippen molar-refractivity contribution in [1.29, 1.82) is 0 Å². The third-order valence-electron chi connectivity index (χ3n) is 5.12. The summed E-state index contributed by atoms with van der Waals surface area (Å²) in [5.41, 5.74) is 5.19. The van der Waals surface area contributed by atoms with Crippen molar-refractivity contribution in [1.82, 2.24) is 9.30 Å². The highest BCUT2D eigenvalue weighted by molar-refractivity contribution is 7.15. The summed E-state index contributed by atoms with van der Waals surface area (Å²) < 4.78 is 2.30. The number of aryl methyl sites for hydroxylation is 1. The summed E-state index contributed by atoms with van der Waals surface area (Å²) >= 11 is 1.92. The van der Waals surface area contributed by atoms with Crippen molar-refractivity contribution < 1.29 is 0 Å². The van der Waals surface area contributed by atoms with E-state index in [1.807, 2.05) is 11.3 Å². The van der Waals surface area contributed by atoms with E-state index in [2.05, 4.69) is 103 Å². The lowest BCUT2D eigenvalue weighted by molar-refractivity contribution is 0.347. The molecule has 3 heteroatoms. The first kappa shape index (κ1) is 17.9. The van der Waals surface area contributed by atoms with Crippen LogP contribution in [0.4, 0.5) is 0 Å². The number of fused-ring (bicyclic) bond motifs is 1. The molecule has 0 amide bonds.